The van der Waals surface area contributed by atoms with Crippen LogP contribution in [0.25, 0.3) is 10.2 Å². The molecule has 0 radical (unpaired) electrons. The Bertz CT molecular complexity index is 1250. The summed E-state index contributed by atoms with van der Waals surface area (Å²) in [5.74, 6) is 2.93. The van der Waals surface area contributed by atoms with Crippen molar-refractivity contribution >= 4 is 37.4 Å². The molecule has 3 aromatic rings. The zero-order valence-corrected chi connectivity index (χ0v) is 21.3. The summed E-state index contributed by atoms with van der Waals surface area (Å²) in [6.07, 6.45) is 4.40. The Labute approximate surface area is 200 Å². The molecule has 1 aliphatic heterocycles. The topological polar surface area (TPSA) is 66.4 Å². The molecule has 5 rings (SSSR count). The molecule has 0 saturated carbocycles. The predicted octanol–water partition coefficient (Wildman–Crippen LogP) is 4.84. The normalized spacial score (nSPS) is 20.7. The van der Waals surface area contributed by atoms with Gasteiger partial charge in [0.25, 0.3) is 0 Å². The fourth-order valence-electron chi connectivity index (χ4n) is 4.85. The molecule has 2 aromatic heterocycles. The van der Waals surface area contributed by atoms with Gasteiger partial charge in [-0.25, -0.2) is 18.4 Å². The minimum absolute atomic E-state index is 0.297. The highest BCUT2D eigenvalue weighted by molar-refractivity contribution is 7.89. The van der Waals surface area contributed by atoms with E-state index in [2.05, 4.69) is 25.7 Å². The summed E-state index contributed by atoms with van der Waals surface area (Å²) in [7, 11) is -3.47. The fraction of sp³-hybridized carbons (Fsp3) is 0.520. The van der Waals surface area contributed by atoms with Crippen LogP contribution in [-0.2, 0) is 22.9 Å². The summed E-state index contributed by atoms with van der Waals surface area (Å²) in [6.45, 7) is 8.89. The van der Waals surface area contributed by atoms with Crippen LogP contribution in [0, 0.1) is 5.92 Å². The van der Waals surface area contributed by atoms with Crippen molar-refractivity contribution in [2.45, 2.75) is 57.3 Å². The van der Waals surface area contributed by atoms with Crippen LogP contribution >= 0.6 is 11.3 Å². The van der Waals surface area contributed by atoms with Gasteiger partial charge in [0.2, 0.25) is 10.0 Å². The van der Waals surface area contributed by atoms with Gasteiger partial charge in [-0.05, 0) is 49.3 Å². The lowest BCUT2D eigenvalue weighted by atomic mass is 9.89. The molecule has 33 heavy (non-hydrogen) atoms. The highest BCUT2D eigenvalue weighted by Gasteiger charge is 2.32. The van der Waals surface area contributed by atoms with Crippen LogP contribution in [0.2, 0.25) is 0 Å². The van der Waals surface area contributed by atoms with E-state index in [4.69, 9.17) is 9.97 Å². The number of anilines is 1. The largest absolute Gasteiger partial charge is 0.353 e. The molecule has 0 N–H and O–H groups in total. The number of rotatable bonds is 5. The Morgan fingerprint density at radius 1 is 1.12 bits per heavy atom. The van der Waals surface area contributed by atoms with E-state index in [1.165, 1.54) is 22.2 Å². The number of aryl methyl sites for hydroxylation is 1. The average molecular weight is 485 g/mol. The number of nitrogens with zero attached hydrogens (tertiary/aromatic N) is 4. The Morgan fingerprint density at radius 2 is 1.85 bits per heavy atom. The summed E-state index contributed by atoms with van der Waals surface area (Å²) < 4.78 is 27.8. The number of aromatic nitrogens is 2. The summed E-state index contributed by atoms with van der Waals surface area (Å²) >= 11 is 1.84. The maximum absolute atomic E-state index is 13.1. The van der Waals surface area contributed by atoms with E-state index in [9.17, 15) is 8.42 Å². The molecule has 0 bridgehead atoms. The molecule has 1 aromatic carbocycles. The van der Waals surface area contributed by atoms with E-state index < -0.39 is 10.0 Å². The van der Waals surface area contributed by atoms with E-state index in [1.807, 2.05) is 17.4 Å². The van der Waals surface area contributed by atoms with Crippen molar-refractivity contribution in [2.24, 2.45) is 5.92 Å². The third kappa shape index (κ3) is 4.17. The monoisotopic (exact) mass is 484 g/mol. The summed E-state index contributed by atoms with van der Waals surface area (Å²) in [6, 6.07) is 8.74. The van der Waals surface area contributed by atoms with Crippen molar-refractivity contribution in [1.29, 1.82) is 0 Å². The Morgan fingerprint density at radius 3 is 2.55 bits per heavy atom. The van der Waals surface area contributed by atoms with Gasteiger partial charge in [0.1, 0.15) is 16.5 Å². The fourth-order valence-corrected chi connectivity index (χ4v) is 7.68. The molecule has 2 aliphatic rings. The van der Waals surface area contributed by atoms with Crippen molar-refractivity contribution in [3.05, 3.63) is 46.6 Å². The summed E-state index contributed by atoms with van der Waals surface area (Å²) in [4.78, 5) is 15.3. The first-order valence-electron chi connectivity index (χ1n) is 12.0. The molecule has 1 saturated heterocycles. The van der Waals surface area contributed by atoms with Gasteiger partial charge >= 0.3 is 0 Å². The molecule has 6 nitrogen and oxygen atoms in total. The van der Waals surface area contributed by atoms with Crippen LogP contribution in [0.4, 0.5) is 5.82 Å². The number of sulfonamides is 1. The number of piperazine rings is 1. The molecular weight excluding hydrogens is 452 g/mol. The van der Waals surface area contributed by atoms with Gasteiger partial charge in [0.15, 0.2) is 0 Å². The maximum atomic E-state index is 13.1. The number of benzene rings is 1. The third-order valence-electron chi connectivity index (χ3n) is 7.13. The van der Waals surface area contributed by atoms with Crippen molar-refractivity contribution in [2.75, 3.05) is 31.1 Å². The lowest BCUT2D eigenvalue weighted by Gasteiger charge is -2.35. The second kappa shape index (κ2) is 8.96. The van der Waals surface area contributed by atoms with Crippen LogP contribution in [0.15, 0.2) is 35.2 Å². The first-order chi connectivity index (χ1) is 15.9. The van der Waals surface area contributed by atoms with Crippen LogP contribution in [-0.4, -0.2) is 48.9 Å². The summed E-state index contributed by atoms with van der Waals surface area (Å²) in [5.41, 5.74) is 1.43. The number of thiophene rings is 1. The predicted molar refractivity (Wildman–Crippen MR) is 135 cm³/mol. The first-order valence-corrected chi connectivity index (χ1v) is 14.3. The van der Waals surface area contributed by atoms with Gasteiger partial charge in [-0.1, -0.05) is 39.0 Å². The number of hydrogen-bond donors (Lipinski definition) is 0. The maximum Gasteiger partial charge on any atom is 0.243 e. The van der Waals surface area contributed by atoms with Crippen LogP contribution in [0.3, 0.4) is 0 Å². The number of fused-ring (bicyclic) bond motifs is 3. The van der Waals surface area contributed by atoms with Gasteiger partial charge in [-0.3, -0.25) is 0 Å². The molecule has 3 heterocycles. The second-order valence-electron chi connectivity index (χ2n) is 9.45. The lowest BCUT2D eigenvalue weighted by Crippen LogP contribution is -2.49. The third-order valence-corrected chi connectivity index (χ3v) is 10.2. The SMILES string of the molecule is CCC(C)c1nc(N2CCN(S(=O)(=O)c3ccccc3)CC2)c2c3c(sc2n1)CC(C)CC3. The molecule has 2 atom stereocenters. The van der Waals surface area contributed by atoms with Crippen LogP contribution in [0.1, 0.15) is 55.8 Å². The van der Waals surface area contributed by atoms with E-state index in [-0.39, 0.29) is 0 Å². The lowest BCUT2D eigenvalue weighted by molar-refractivity contribution is 0.384. The van der Waals surface area contributed by atoms with E-state index >= 15 is 0 Å². The molecule has 0 spiro atoms. The molecule has 2 unspecified atom stereocenters. The smallest absolute Gasteiger partial charge is 0.243 e. The van der Waals surface area contributed by atoms with E-state index in [0.29, 0.717) is 42.9 Å². The van der Waals surface area contributed by atoms with Crippen molar-refractivity contribution < 1.29 is 8.42 Å². The minimum Gasteiger partial charge on any atom is -0.353 e. The zero-order chi connectivity index (χ0) is 23.2. The van der Waals surface area contributed by atoms with Gasteiger partial charge in [-0.15, -0.1) is 11.3 Å². The van der Waals surface area contributed by atoms with Gasteiger partial charge < -0.3 is 4.90 Å². The average Bonchev–Trinajstić information content (AvgIpc) is 3.21. The highest BCUT2D eigenvalue weighted by atomic mass is 32.2. The second-order valence-corrected chi connectivity index (χ2v) is 12.5. The standard InChI is InChI=1S/C25H32N4O2S2/c1-4-18(3)23-26-24(22-20-11-10-17(2)16-21(20)32-25(22)27-23)28-12-14-29(15-13-28)33(30,31)19-8-6-5-7-9-19/h5-9,17-18H,4,10-16H2,1-3H3. The molecule has 8 heteroatoms. The van der Waals surface area contributed by atoms with Crippen molar-refractivity contribution in [3.63, 3.8) is 0 Å². The summed E-state index contributed by atoms with van der Waals surface area (Å²) in [5, 5.41) is 1.22. The van der Waals surface area contributed by atoms with Crippen molar-refractivity contribution in [1.82, 2.24) is 14.3 Å². The van der Waals surface area contributed by atoms with E-state index in [1.54, 1.807) is 28.6 Å². The Hall–Kier alpha value is -2.03. The van der Waals surface area contributed by atoms with Gasteiger partial charge in [0, 0.05) is 37.0 Å². The Balaban J connectivity index is 1.48. The first kappa shape index (κ1) is 22.7. The van der Waals surface area contributed by atoms with Gasteiger partial charge in [-0.2, -0.15) is 4.31 Å². The van der Waals surface area contributed by atoms with E-state index in [0.717, 1.165) is 35.7 Å². The molecule has 176 valence electrons. The molecule has 1 fully saturated rings. The van der Waals surface area contributed by atoms with Crippen LogP contribution < -0.4 is 4.90 Å². The quantitative estimate of drug-likeness (QED) is 0.518. The highest BCUT2D eigenvalue weighted by Crippen LogP contribution is 2.42. The number of hydrogen-bond acceptors (Lipinski definition) is 6. The molecule has 1 aliphatic carbocycles. The Kier molecular flexibility index (Phi) is 6.18. The zero-order valence-electron chi connectivity index (χ0n) is 19.6. The van der Waals surface area contributed by atoms with Crippen molar-refractivity contribution in [3.8, 4) is 0 Å². The van der Waals surface area contributed by atoms with Crippen LogP contribution in [0.5, 0.6) is 0 Å². The molecular formula is C25H32N4O2S2. The molecule has 0 amide bonds. The van der Waals surface area contributed by atoms with Gasteiger partial charge in [0.05, 0.1) is 10.3 Å². The minimum atomic E-state index is -3.47.